The standard InChI is InChI=1S/C23H22N8O2/c1-14-4-5-15(23(32)30-16-6-7-26-21(9-16)33-3)8-18(14)31-22-17(11-25-12-29-22)19-10-20(24-2)28-13-27-19/h4-13H,1-3H3,(H,24,27,28)(H,25,29,31)(H,26,30,32). The lowest BCUT2D eigenvalue weighted by Gasteiger charge is -2.14. The molecule has 4 rings (SSSR count). The monoisotopic (exact) mass is 442 g/mol. The van der Waals surface area contributed by atoms with Crippen LogP contribution in [0.25, 0.3) is 11.3 Å². The molecule has 0 fully saturated rings. The second kappa shape index (κ2) is 9.69. The largest absolute Gasteiger partial charge is 0.481 e. The molecule has 10 nitrogen and oxygen atoms in total. The van der Waals surface area contributed by atoms with Crippen LogP contribution in [0.1, 0.15) is 15.9 Å². The number of anilines is 4. The number of carbonyl (C=O) groups is 1. The van der Waals surface area contributed by atoms with Gasteiger partial charge in [0.05, 0.1) is 18.4 Å². The van der Waals surface area contributed by atoms with Crippen molar-refractivity contribution in [3.63, 3.8) is 0 Å². The molecular weight excluding hydrogens is 420 g/mol. The van der Waals surface area contributed by atoms with Crippen LogP contribution in [0.15, 0.2) is 61.4 Å². The number of benzene rings is 1. The number of carbonyl (C=O) groups excluding carboxylic acids is 1. The molecule has 3 heterocycles. The molecule has 33 heavy (non-hydrogen) atoms. The van der Waals surface area contributed by atoms with E-state index in [0.29, 0.717) is 40.0 Å². The van der Waals surface area contributed by atoms with Crippen LogP contribution in [0.4, 0.5) is 23.0 Å². The van der Waals surface area contributed by atoms with Gasteiger partial charge >= 0.3 is 0 Å². The van der Waals surface area contributed by atoms with Gasteiger partial charge in [0.25, 0.3) is 5.91 Å². The van der Waals surface area contributed by atoms with Crippen LogP contribution in [-0.4, -0.2) is 45.0 Å². The highest BCUT2D eigenvalue weighted by Crippen LogP contribution is 2.29. The number of nitrogens with one attached hydrogen (secondary N) is 3. The van der Waals surface area contributed by atoms with Gasteiger partial charge in [0.15, 0.2) is 0 Å². The molecule has 1 aromatic carbocycles. The van der Waals surface area contributed by atoms with E-state index in [9.17, 15) is 4.79 Å². The molecule has 10 heteroatoms. The van der Waals surface area contributed by atoms with Crippen LogP contribution in [0.3, 0.4) is 0 Å². The SMILES string of the molecule is CNc1cc(-c2cncnc2Nc2cc(C(=O)Nc3ccnc(OC)c3)ccc2C)ncn1. The summed E-state index contributed by atoms with van der Waals surface area (Å²) < 4.78 is 5.11. The van der Waals surface area contributed by atoms with Crippen molar-refractivity contribution in [3.8, 4) is 17.1 Å². The van der Waals surface area contributed by atoms with Crippen molar-refractivity contribution in [2.75, 3.05) is 30.1 Å². The van der Waals surface area contributed by atoms with Gasteiger partial charge < -0.3 is 20.7 Å². The first kappa shape index (κ1) is 21.6. The summed E-state index contributed by atoms with van der Waals surface area (Å²) >= 11 is 0. The normalized spacial score (nSPS) is 10.4. The Labute approximate surface area is 190 Å². The molecule has 0 aliphatic rings. The van der Waals surface area contributed by atoms with Gasteiger partial charge in [-0.25, -0.2) is 24.9 Å². The molecule has 0 saturated carbocycles. The van der Waals surface area contributed by atoms with Crippen LogP contribution in [-0.2, 0) is 0 Å². The number of methoxy groups -OCH3 is 1. The molecule has 0 atom stereocenters. The average molecular weight is 442 g/mol. The summed E-state index contributed by atoms with van der Waals surface area (Å²) in [5, 5.41) is 9.16. The van der Waals surface area contributed by atoms with Gasteiger partial charge in [0, 0.05) is 48.5 Å². The number of ether oxygens (including phenoxy) is 1. The van der Waals surface area contributed by atoms with Gasteiger partial charge in [-0.15, -0.1) is 0 Å². The van der Waals surface area contributed by atoms with Crippen molar-refractivity contribution in [1.82, 2.24) is 24.9 Å². The third-order valence-corrected chi connectivity index (χ3v) is 4.87. The highest BCUT2D eigenvalue weighted by molar-refractivity contribution is 6.05. The number of aryl methyl sites for hydroxylation is 1. The topological polar surface area (TPSA) is 127 Å². The van der Waals surface area contributed by atoms with Crippen molar-refractivity contribution >= 4 is 28.9 Å². The number of nitrogens with zero attached hydrogens (tertiary/aromatic N) is 5. The second-order valence-electron chi connectivity index (χ2n) is 7.02. The minimum absolute atomic E-state index is 0.260. The predicted octanol–water partition coefficient (Wildman–Crippen LogP) is 3.68. The third kappa shape index (κ3) is 5.01. The minimum atomic E-state index is -0.260. The van der Waals surface area contributed by atoms with Gasteiger partial charge in [-0.3, -0.25) is 4.79 Å². The summed E-state index contributed by atoms with van der Waals surface area (Å²) in [6.45, 7) is 1.95. The van der Waals surface area contributed by atoms with E-state index in [1.54, 1.807) is 43.7 Å². The molecule has 0 unspecified atom stereocenters. The molecule has 3 N–H and O–H groups in total. The Hall–Kier alpha value is -4.60. The zero-order valence-corrected chi connectivity index (χ0v) is 18.3. The second-order valence-corrected chi connectivity index (χ2v) is 7.02. The Morgan fingerprint density at radius 2 is 1.88 bits per heavy atom. The Balaban J connectivity index is 1.61. The highest BCUT2D eigenvalue weighted by atomic mass is 16.5. The van der Waals surface area contributed by atoms with Gasteiger partial charge in [0.2, 0.25) is 5.88 Å². The maximum Gasteiger partial charge on any atom is 0.255 e. The van der Waals surface area contributed by atoms with E-state index >= 15 is 0 Å². The van der Waals surface area contributed by atoms with Crippen LogP contribution in [0.5, 0.6) is 5.88 Å². The van der Waals surface area contributed by atoms with Crippen molar-refractivity contribution in [2.24, 2.45) is 0 Å². The van der Waals surface area contributed by atoms with Gasteiger partial charge in [-0.05, 0) is 30.7 Å². The summed E-state index contributed by atoms with van der Waals surface area (Å²) in [4.78, 5) is 33.9. The fraction of sp³-hybridized carbons (Fsp3) is 0.130. The Bertz CT molecular complexity index is 1290. The summed E-state index contributed by atoms with van der Waals surface area (Å²) in [5.41, 5.74) is 4.11. The number of hydrogen-bond acceptors (Lipinski definition) is 9. The maximum atomic E-state index is 12.8. The van der Waals surface area contributed by atoms with E-state index < -0.39 is 0 Å². The van der Waals surface area contributed by atoms with Crippen LogP contribution in [0, 0.1) is 6.92 Å². The molecule has 0 bridgehead atoms. The minimum Gasteiger partial charge on any atom is -0.481 e. The lowest BCUT2D eigenvalue weighted by molar-refractivity contribution is 0.102. The first-order valence-corrected chi connectivity index (χ1v) is 10.1. The molecule has 3 aromatic heterocycles. The number of aromatic nitrogens is 5. The molecule has 0 radical (unpaired) electrons. The zero-order chi connectivity index (χ0) is 23.2. The Kier molecular flexibility index (Phi) is 6.35. The quantitative estimate of drug-likeness (QED) is 0.393. The highest BCUT2D eigenvalue weighted by Gasteiger charge is 2.13. The van der Waals surface area contributed by atoms with Gasteiger partial charge in [-0.1, -0.05) is 6.07 Å². The van der Waals surface area contributed by atoms with E-state index in [1.165, 1.54) is 19.8 Å². The maximum absolute atomic E-state index is 12.8. The molecule has 0 aliphatic heterocycles. The van der Waals surface area contributed by atoms with Crippen molar-refractivity contribution in [2.45, 2.75) is 6.92 Å². The zero-order valence-electron chi connectivity index (χ0n) is 18.3. The molecule has 4 aromatic rings. The fourth-order valence-electron chi connectivity index (χ4n) is 3.09. The molecule has 0 saturated heterocycles. The van der Waals surface area contributed by atoms with Crippen molar-refractivity contribution in [1.29, 1.82) is 0 Å². The first-order valence-electron chi connectivity index (χ1n) is 10.1. The van der Waals surface area contributed by atoms with E-state index in [1.807, 2.05) is 19.1 Å². The van der Waals surface area contributed by atoms with E-state index in [-0.39, 0.29) is 5.91 Å². The Morgan fingerprint density at radius 3 is 2.70 bits per heavy atom. The van der Waals surface area contributed by atoms with Crippen molar-refractivity contribution < 1.29 is 9.53 Å². The van der Waals surface area contributed by atoms with Crippen LogP contribution < -0.4 is 20.7 Å². The van der Waals surface area contributed by atoms with Gasteiger partial charge in [0.1, 0.15) is 24.3 Å². The molecular formula is C23H22N8O2. The summed E-state index contributed by atoms with van der Waals surface area (Å²) in [6, 6.07) is 10.6. The van der Waals surface area contributed by atoms with Crippen molar-refractivity contribution in [3.05, 3.63) is 72.6 Å². The lowest BCUT2D eigenvalue weighted by Crippen LogP contribution is -2.12. The van der Waals surface area contributed by atoms with Gasteiger partial charge in [-0.2, -0.15) is 0 Å². The smallest absolute Gasteiger partial charge is 0.255 e. The first-order chi connectivity index (χ1) is 16.1. The molecule has 0 spiro atoms. The average Bonchev–Trinajstić information content (AvgIpc) is 2.85. The van der Waals surface area contributed by atoms with Crippen LogP contribution >= 0.6 is 0 Å². The van der Waals surface area contributed by atoms with E-state index in [0.717, 1.165) is 11.3 Å². The van der Waals surface area contributed by atoms with Crippen LogP contribution in [0.2, 0.25) is 0 Å². The van der Waals surface area contributed by atoms with E-state index in [2.05, 4.69) is 40.9 Å². The molecule has 0 aliphatic carbocycles. The summed E-state index contributed by atoms with van der Waals surface area (Å²) in [7, 11) is 3.31. The predicted molar refractivity (Wildman–Crippen MR) is 126 cm³/mol. The number of amides is 1. The summed E-state index contributed by atoms with van der Waals surface area (Å²) in [5.74, 6) is 1.40. The third-order valence-electron chi connectivity index (χ3n) is 4.87. The number of rotatable bonds is 7. The summed E-state index contributed by atoms with van der Waals surface area (Å²) in [6.07, 6.45) is 6.18. The number of pyridine rings is 1. The lowest BCUT2D eigenvalue weighted by atomic mass is 10.1. The molecule has 166 valence electrons. The van der Waals surface area contributed by atoms with E-state index in [4.69, 9.17) is 4.74 Å². The number of hydrogen-bond donors (Lipinski definition) is 3. The Morgan fingerprint density at radius 1 is 1.00 bits per heavy atom. The molecule has 1 amide bonds. The fourth-order valence-corrected chi connectivity index (χ4v) is 3.09.